The number of para-hydroxylation sites is 1. The SMILES string of the molecule is C/C=c1/nc(-c2nc3ccccc3cc2C(=O)O)[nH]/c1=C/CC. The standard InChI is InChI=1S/C18H17N3O2/c1-3-7-15-13(4-2)20-17(21-15)16-12(18(22)23)10-11-8-5-6-9-14(11)19-16/h4-10H,3H2,1-2H3,(H,20,21)(H,22,23)/b13-4+,15-7+. The number of hydrogen-bond donors (Lipinski definition) is 2. The van der Waals surface area contributed by atoms with Crippen LogP contribution in [-0.2, 0) is 0 Å². The molecule has 5 nitrogen and oxygen atoms in total. The Balaban J connectivity index is 2.33. The Hall–Kier alpha value is -2.95. The molecule has 23 heavy (non-hydrogen) atoms. The van der Waals surface area contributed by atoms with Crippen molar-refractivity contribution in [3.63, 3.8) is 0 Å². The van der Waals surface area contributed by atoms with E-state index in [1.54, 1.807) is 6.07 Å². The van der Waals surface area contributed by atoms with Gasteiger partial charge in [-0.05, 0) is 25.5 Å². The van der Waals surface area contributed by atoms with Gasteiger partial charge in [0, 0.05) is 5.39 Å². The fourth-order valence-corrected chi connectivity index (χ4v) is 2.55. The van der Waals surface area contributed by atoms with Crippen molar-refractivity contribution in [2.24, 2.45) is 0 Å². The van der Waals surface area contributed by atoms with E-state index in [-0.39, 0.29) is 5.56 Å². The van der Waals surface area contributed by atoms with E-state index in [0.29, 0.717) is 11.5 Å². The van der Waals surface area contributed by atoms with Gasteiger partial charge in [-0.3, -0.25) is 0 Å². The number of aromatic carboxylic acids is 1. The Morgan fingerprint density at radius 3 is 2.78 bits per heavy atom. The monoisotopic (exact) mass is 307 g/mol. The van der Waals surface area contributed by atoms with Gasteiger partial charge in [-0.1, -0.05) is 37.3 Å². The van der Waals surface area contributed by atoms with E-state index in [1.807, 2.05) is 50.3 Å². The molecule has 0 bridgehead atoms. The normalized spacial score (nSPS) is 13.0. The highest BCUT2D eigenvalue weighted by molar-refractivity contribution is 5.98. The molecule has 1 aromatic carbocycles. The van der Waals surface area contributed by atoms with Gasteiger partial charge in [-0.2, -0.15) is 0 Å². The van der Waals surface area contributed by atoms with Crippen molar-refractivity contribution in [1.29, 1.82) is 0 Å². The minimum atomic E-state index is -1.02. The van der Waals surface area contributed by atoms with E-state index in [4.69, 9.17) is 0 Å². The quantitative estimate of drug-likeness (QED) is 0.778. The number of carbonyl (C=O) groups is 1. The highest BCUT2D eigenvalue weighted by Crippen LogP contribution is 2.22. The lowest BCUT2D eigenvalue weighted by Crippen LogP contribution is -2.23. The van der Waals surface area contributed by atoms with Gasteiger partial charge in [0.1, 0.15) is 5.69 Å². The number of pyridine rings is 1. The summed E-state index contributed by atoms with van der Waals surface area (Å²) in [6, 6.07) is 9.09. The van der Waals surface area contributed by atoms with Crippen LogP contribution in [0.25, 0.3) is 34.6 Å². The van der Waals surface area contributed by atoms with Gasteiger partial charge in [-0.15, -0.1) is 0 Å². The maximum absolute atomic E-state index is 11.6. The van der Waals surface area contributed by atoms with Crippen LogP contribution in [0.5, 0.6) is 0 Å². The molecule has 0 saturated carbocycles. The van der Waals surface area contributed by atoms with Gasteiger partial charge in [-0.25, -0.2) is 14.8 Å². The maximum Gasteiger partial charge on any atom is 0.338 e. The van der Waals surface area contributed by atoms with Crippen molar-refractivity contribution in [3.8, 4) is 11.5 Å². The summed E-state index contributed by atoms with van der Waals surface area (Å²) in [5.41, 5.74) is 1.24. The van der Waals surface area contributed by atoms with Crippen LogP contribution < -0.4 is 10.7 Å². The number of carboxylic acids is 1. The Morgan fingerprint density at radius 1 is 1.30 bits per heavy atom. The Labute approximate surface area is 133 Å². The Morgan fingerprint density at radius 2 is 2.09 bits per heavy atom. The zero-order valence-electron chi connectivity index (χ0n) is 13.0. The number of nitrogens with one attached hydrogen (secondary N) is 1. The van der Waals surface area contributed by atoms with E-state index < -0.39 is 5.97 Å². The number of aromatic nitrogens is 3. The Kier molecular flexibility index (Phi) is 3.93. The lowest BCUT2D eigenvalue weighted by molar-refractivity contribution is 0.0697. The molecule has 5 heteroatoms. The first-order chi connectivity index (χ1) is 11.1. The minimum absolute atomic E-state index is 0.142. The highest BCUT2D eigenvalue weighted by Gasteiger charge is 2.17. The van der Waals surface area contributed by atoms with E-state index in [0.717, 1.165) is 28.0 Å². The minimum Gasteiger partial charge on any atom is -0.478 e. The lowest BCUT2D eigenvalue weighted by Gasteiger charge is -2.05. The van der Waals surface area contributed by atoms with Crippen LogP contribution in [0.1, 0.15) is 30.6 Å². The van der Waals surface area contributed by atoms with Crippen molar-refractivity contribution in [2.75, 3.05) is 0 Å². The summed E-state index contributed by atoms with van der Waals surface area (Å²) in [7, 11) is 0. The van der Waals surface area contributed by atoms with Gasteiger partial charge in [0.2, 0.25) is 0 Å². The molecule has 116 valence electrons. The molecule has 2 aromatic heterocycles. The molecule has 0 amide bonds. The third-order valence-electron chi connectivity index (χ3n) is 3.62. The average Bonchev–Trinajstić information content (AvgIpc) is 2.97. The largest absolute Gasteiger partial charge is 0.478 e. The van der Waals surface area contributed by atoms with Crippen molar-refractivity contribution in [2.45, 2.75) is 20.3 Å². The predicted octanol–water partition coefficient (Wildman–Crippen LogP) is 2.31. The second-order valence-corrected chi connectivity index (χ2v) is 5.17. The highest BCUT2D eigenvalue weighted by atomic mass is 16.4. The summed E-state index contributed by atoms with van der Waals surface area (Å²) in [5.74, 6) is -0.543. The number of H-pyrrole nitrogens is 1. The first-order valence-electron chi connectivity index (χ1n) is 7.50. The number of fused-ring (bicyclic) bond motifs is 1. The number of rotatable bonds is 3. The van der Waals surface area contributed by atoms with Crippen LogP contribution >= 0.6 is 0 Å². The third-order valence-corrected chi connectivity index (χ3v) is 3.62. The molecule has 2 heterocycles. The summed E-state index contributed by atoms with van der Waals surface area (Å²) in [5, 5.41) is 12.0. The molecule has 3 aromatic rings. The number of hydrogen-bond acceptors (Lipinski definition) is 3. The van der Waals surface area contributed by atoms with Crippen molar-refractivity contribution < 1.29 is 9.90 Å². The summed E-state index contributed by atoms with van der Waals surface area (Å²) in [4.78, 5) is 23.8. The van der Waals surface area contributed by atoms with Crippen molar-refractivity contribution >= 4 is 29.0 Å². The lowest BCUT2D eigenvalue weighted by atomic mass is 10.1. The van der Waals surface area contributed by atoms with E-state index in [9.17, 15) is 9.90 Å². The van der Waals surface area contributed by atoms with Gasteiger partial charge >= 0.3 is 5.97 Å². The Bertz CT molecular complexity index is 1000. The average molecular weight is 307 g/mol. The second-order valence-electron chi connectivity index (χ2n) is 5.17. The van der Waals surface area contributed by atoms with Gasteiger partial charge in [0.25, 0.3) is 0 Å². The molecule has 0 unspecified atom stereocenters. The van der Waals surface area contributed by atoms with Crippen LogP contribution in [0, 0.1) is 0 Å². The maximum atomic E-state index is 11.6. The number of imidazole rings is 1. The molecule has 0 saturated heterocycles. The molecule has 0 radical (unpaired) electrons. The summed E-state index contributed by atoms with van der Waals surface area (Å²) >= 11 is 0. The fraction of sp³-hybridized carbons (Fsp3) is 0.167. The molecule has 0 aliphatic carbocycles. The predicted molar refractivity (Wildman–Crippen MR) is 90.4 cm³/mol. The molecule has 2 N–H and O–H groups in total. The first kappa shape index (κ1) is 15.0. The molecular weight excluding hydrogens is 290 g/mol. The smallest absolute Gasteiger partial charge is 0.338 e. The van der Waals surface area contributed by atoms with Crippen LogP contribution in [0.4, 0.5) is 0 Å². The first-order valence-corrected chi connectivity index (χ1v) is 7.50. The van der Waals surface area contributed by atoms with E-state index >= 15 is 0 Å². The van der Waals surface area contributed by atoms with Crippen molar-refractivity contribution in [3.05, 3.63) is 46.6 Å². The zero-order valence-corrected chi connectivity index (χ0v) is 13.0. The van der Waals surface area contributed by atoms with Crippen LogP contribution in [0.15, 0.2) is 30.3 Å². The molecule has 0 fully saturated rings. The molecular formula is C18H17N3O2. The van der Waals surface area contributed by atoms with Gasteiger partial charge < -0.3 is 10.1 Å². The number of carboxylic acid groups (broad SMARTS) is 1. The topological polar surface area (TPSA) is 78.9 Å². The molecule has 0 aliphatic heterocycles. The number of nitrogens with zero attached hydrogens (tertiary/aromatic N) is 2. The number of aromatic amines is 1. The summed E-state index contributed by atoms with van der Waals surface area (Å²) < 4.78 is 0. The van der Waals surface area contributed by atoms with Crippen LogP contribution in [0.2, 0.25) is 0 Å². The molecule has 0 aliphatic rings. The fourth-order valence-electron chi connectivity index (χ4n) is 2.55. The second kappa shape index (κ2) is 6.04. The summed E-state index contributed by atoms with van der Waals surface area (Å²) in [6.07, 6.45) is 4.77. The zero-order chi connectivity index (χ0) is 16.4. The number of benzene rings is 1. The van der Waals surface area contributed by atoms with Crippen LogP contribution in [-0.4, -0.2) is 26.0 Å². The summed E-state index contributed by atoms with van der Waals surface area (Å²) in [6.45, 7) is 3.94. The molecule has 0 spiro atoms. The van der Waals surface area contributed by atoms with E-state index in [2.05, 4.69) is 15.0 Å². The van der Waals surface area contributed by atoms with Crippen LogP contribution in [0.3, 0.4) is 0 Å². The van der Waals surface area contributed by atoms with Gasteiger partial charge in [0.15, 0.2) is 5.82 Å². The third kappa shape index (κ3) is 2.73. The molecule has 3 rings (SSSR count). The van der Waals surface area contributed by atoms with E-state index in [1.165, 1.54) is 0 Å². The van der Waals surface area contributed by atoms with Gasteiger partial charge in [0.05, 0.1) is 21.8 Å². The van der Waals surface area contributed by atoms with Crippen molar-refractivity contribution in [1.82, 2.24) is 15.0 Å². The molecule has 0 atom stereocenters.